The fourth-order valence-electron chi connectivity index (χ4n) is 2.09. The number of aryl methyl sites for hydroxylation is 2. The zero-order valence-corrected chi connectivity index (χ0v) is 10.5. The highest BCUT2D eigenvalue weighted by atomic mass is 19.2. The second-order valence-electron chi connectivity index (χ2n) is 4.41. The first-order chi connectivity index (χ1) is 9.09. The van der Waals surface area contributed by atoms with Gasteiger partial charge in [0.2, 0.25) is 0 Å². The van der Waals surface area contributed by atoms with E-state index in [0.29, 0.717) is 11.3 Å². The van der Waals surface area contributed by atoms with E-state index < -0.39 is 11.6 Å². The Morgan fingerprint density at radius 1 is 1.05 bits per heavy atom. The first kappa shape index (κ1) is 11.8. The first-order valence-electron chi connectivity index (χ1n) is 5.83. The average molecular weight is 259 g/mol. The molecule has 0 saturated heterocycles. The highest BCUT2D eigenvalue weighted by Gasteiger charge is 2.16. The zero-order chi connectivity index (χ0) is 13.6. The van der Waals surface area contributed by atoms with Crippen molar-refractivity contribution in [2.75, 3.05) is 0 Å². The Morgan fingerprint density at radius 2 is 1.84 bits per heavy atom. The van der Waals surface area contributed by atoms with Crippen molar-refractivity contribution in [3.8, 4) is 11.3 Å². The number of halogens is 2. The van der Waals surface area contributed by atoms with Gasteiger partial charge in [0, 0.05) is 18.0 Å². The molecule has 0 unspecified atom stereocenters. The van der Waals surface area contributed by atoms with Gasteiger partial charge in [-0.2, -0.15) is 0 Å². The Bertz CT molecular complexity index is 778. The summed E-state index contributed by atoms with van der Waals surface area (Å²) in [6, 6.07) is 3.12. The van der Waals surface area contributed by atoms with Crippen molar-refractivity contribution < 1.29 is 8.78 Å². The van der Waals surface area contributed by atoms with Gasteiger partial charge in [-0.15, -0.1) is 0 Å². The van der Waals surface area contributed by atoms with E-state index in [9.17, 15) is 8.78 Å². The molecule has 0 spiro atoms. The summed E-state index contributed by atoms with van der Waals surface area (Å²) in [5, 5.41) is 0. The quantitative estimate of drug-likeness (QED) is 0.671. The van der Waals surface area contributed by atoms with Crippen LogP contribution in [0, 0.1) is 25.5 Å². The summed E-state index contributed by atoms with van der Waals surface area (Å²) in [5.41, 5.74) is 2.37. The van der Waals surface area contributed by atoms with E-state index in [1.54, 1.807) is 28.9 Å². The van der Waals surface area contributed by atoms with Crippen LogP contribution in [0.15, 0.2) is 30.7 Å². The van der Waals surface area contributed by atoms with Gasteiger partial charge in [-0.25, -0.2) is 13.8 Å². The highest BCUT2D eigenvalue weighted by molar-refractivity contribution is 5.65. The second-order valence-corrected chi connectivity index (χ2v) is 4.41. The number of rotatable bonds is 1. The minimum absolute atomic E-state index is 0.196. The van der Waals surface area contributed by atoms with Crippen LogP contribution >= 0.6 is 0 Å². The minimum Gasteiger partial charge on any atom is -0.297 e. The third kappa shape index (κ3) is 1.69. The van der Waals surface area contributed by atoms with E-state index in [-0.39, 0.29) is 11.1 Å². The Labute approximate surface area is 108 Å². The molecule has 0 fully saturated rings. The van der Waals surface area contributed by atoms with Crippen molar-refractivity contribution in [3.63, 3.8) is 0 Å². The van der Waals surface area contributed by atoms with Crippen LogP contribution in [0.5, 0.6) is 0 Å². The maximum absolute atomic E-state index is 14.0. The molecule has 0 N–H and O–H groups in total. The normalized spacial score (nSPS) is 11.2. The van der Waals surface area contributed by atoms with Crippen LogP contribution in [0.25, 0.3) is 16.9 Å². The third-order valence-corrected chi connectivity index (χ3v) is 3.16. The smallest absolute Gasteiger partial charge is 0.168 e. The number of aromatic nitrogens is 3. The van der Waals surface area contributed by atoms with Crippen LogP contribution in [-0.2, 0) is 0 Å². The van der Waals surface area contributed by atoms with Gasteiger partial charge in [-0.3, -0.25) is 9.38 Å². The zero-order valence-electron chi connectivity index (χ0n) is 10.5. The molecule has 2 heterocycles. The van der Waals surface area contributed by atoms with Crippen molar-refractivity contribution in [2.45, 2.75) is 13.8 Å². The molecule has 5 heteroatoms. The Hall–Kier alpha value is -2.30. The topological polar surface area (TPSA) is 30.2 Å². The van der Waals surface area contributed by atoms with Crippen molar-refractivity contribution in [1.82, 2.24) is 14.4 Å². The number of imidazole rings is 1. The lowest BCUT2D eigenvalue weighted by atomic mass is 10.1. The molecule has 1 aromatic carbocycles. The van der Waals surface area contributed by atoms with E-state index in [2.05, 4.69) is 9.97 Å². The summed E-state index contributed by atoms with van der Waals surface area (Å²) in [7, 11) is 0. The second kappa shape index (κ2) is 4.12. The summed E-state index contributed by atoms with van der Waals surface area (Å²) in [5.74, 6) is -1.67. The molecule has 0 amide bonds. The Kier molecular flexibility index (Phi) is 2.55. The lowest BCUT2D eigenvalue weighted by Crippen LogP contribution is -1.97. The van der Waals surface area contributed by atoms with E-state index in [1.165, 1.54) is 13.1 Å². The summed E-state index contributed by atoms with van der Waals surface area (Å²) in [4.78, 5) is 8.32. The van der Waals surface area contributed by atoms with Crippen LogP contribution in [0.2, 0.25) is 0 Å². The fourth-order valence-corrected chi connectivity index (χ4v) is 2.09. The molecule has 0 saturated carbocycles. The molecular weight excluding hydrogens is 248 g/mol. The molecule has 0 bridgehead atoms. The molecule has 0 aliphatic carbocycles. The number of benzene rings is 1. The van der Waals surface area contributed by atoms with E-state index in [4.69, 9.17) is 0 Å². The fraction of sp³-hybridized carbons (Fsp3) is 0.143. The Morgan fingerprint density at radius 3 is 2.63 bits per heavy atom. The van der Waals surface area contributed by atoms with Gasteiger partial charge in [0.25, 0.3) is 0 Å². The van der Waals surface area contributed by atoms with Crippen molar-refractivity contribution >= 4 is 5.65 Å². The number of nitrogens with zero attached hydrogens (tertiary/aromatic N) is 3. The van der Waals surface area contributed by atoms with Gasteiger partial charge >= 0.3 is 0 Å². The standard InChI is InChI=1S/C14H11F2N3/c1-8-3-4-10(13(16)12(8)15)11-7-18-14-9(2)17-5-6-19(11)14/h3-7H,1-2H3. The maximum Gasteiger partial charge on any atom is 0.168 e. The summed E-state index contributed by atoms with van der Waals surface area (Å²) in [6.45, 7) is 3.35. The molecule has 0 atom stereocenters. The van der Waals surface area contributed by atoms with Crippen LogP contribution in [0.1, 0.15) is 11.3 Å². The van der Waals surface area contributed by atoms with Crippen molar-refractivity contribution in [3.05, 3.63) is 53.6 Å². The van der Waals surface area contributed by atoms with Crippen molar-refractivity contribution in [1.29, 1.82) is 0 Å². The van der Waals surface area contributed by atoms with Gasteiger partial charge in [0.05, 0.1) is 17.6 Å². The number of hydrogen-bond donors (Lipinski definition) is 0. The molecule has 96 valence electrons. The van der Waals surface area contributed by atoms with Gasteiger partial charge < -0.3 is 0 Å². The molecule has 2 aromatic heterocycles. The molecule has 0 aliphatic heterocycles. The predicted octanol–water partition coefficient (Wildman–Crippen LogP) is 3.29. The maximum atomic E-state index is 14.0. The van der Waals surface area contributed by atoms with Crippen LogP contribution in [0.4, 0.5) is 8.78 Å². The van der Waals surface area contributed by atoms with Crippen LogP contribution in [-0.4, -0.2) is 14.4 Å². The van der Waals surface area contributed by atoms with Gasteiger partial charge in [0.15, 0.2) is 17.3 Å². The minimum atomic E-state index is -0.851. The molecule has 0 aliphatic rings. The van der Waals surface area contributed by atoms with E-state index in [1.807, 2.05) is 6.92 Å². The van der Waals surface area contributed by atoms with Gasteiger partial charge in [0.1, 0.15) is 0 Å². The largest absolute Gasteiger partial charge is 0.297 e. The molecule has 3 rings (SSSR count). The number of fused-ring (bicyclic) bond motifs is 1. The van der Waals surface area contributed by atoms with Crippen LogP contribution in [0.3, 0.4) is 0 Å². The summed E-state index contributed by atoms with van der Waals surface area (Å²) in [6.07, 6.45) is 4.81. The van der Waals surface area contributed by atoms with Crippen molar-refractivity contribution in [2.24, 2.45) is 0 Å². The first-order valence-corrected chi connectivity index (χ1v) is 5.83. The molecule has 19 heavy (non-hydrogen) atoms. The van der Waals surface area contributed by atoms with E-state index in [0.717, 1.165) is 5.69 Å². The SMILES string of the molecule is Cc1ccc(-c2cnc3c(C)nccn23)c(F)c1F. The van der Waals surface area contributed by atoms with Gasteiger partial charge in [-0.1, -0.05) is 6.07 Å². The molecule has 3 aromatic rings. The lowest BCUT2D eigenvalue weighted by molar-refractivity contribution is 0.505. The Balaban J connectivity index is 2.31. The molecular formula is C14H11F2N3. The highest BCUT2D eigenvalue weighted by Crippen LogP contribution is 2.27. The third-order valence-electron chi connectivity index (χ3n) is 3.16. The van der Waals surface area contributed by atoms with E-state index >= 15 is 0 Å². The van der Waals surface area contributed by atoms with Gasteiger partial charge in [-0.05, 0) is 25.5 Å². The lowest BCUT2D eigenvalue weighted by Gasteiger charge is -2.06. The van der Waals surface area contributed by atoms with Crippen LogP contribution < -0.4 is 0 Å². The molecule has 3 nitrogen and oxygen atoms in total. The number of hydrogen-bond acceptors (Lipinski definition) is 2. The monoisotopic (exact) mass is 259 g/mol. The average Bonchev–Trinajstić information content (AvgIpc) is 2.82. The predicted molar refractivity (Wildman–Crippen MR) is 67.8 cm³/mol. The molecule has 0 radical (unpaired) electrons. The summed E-state index contributed by atoms with van der Waals surface area (Å²) < 4.78 is 29.4. The summed E-state index contributed by atoms with van der Waals surface area (Å²) >= 11 is 0.